The maximum atomic E-state index is 13.2. The van der Waals surface area contributed by atoms with E-state index in [4.69, 9.17) is 14.8 Å². The van der Waals surface area contributed by atoms with Crippen molar-refractivity contribution in [2.75, 3.05) is 12.3 Å². The molecule has 0 aromatic carbocycles. The number of halogens is 1. The van der Waals surface area contributed by atoms with Crippen molar-refractivity contribution in [2.24, 2.45) is 0 Å². The van der Waals surface area contributed by atoms with Gasteiger partial charge in [-0.15, -0.1) is 0 Å². The van der Waals surface area contributed by atoms with Crippen LogP contribution in [0.4, 0.5) is 5.82 Å². The highest BCUT2D eigenvalue weighted by atomic mass is 35.5. The van der Waals surface area contributed by atoms with E-state index < -0.39 is 90.2 Å². The lowest BCUT2D eigenvalue weighted by Gasteiger charge is -2.48. The highest BCUT2D eigenvalue weighted by molar-refractivity contribution is 7.48. The molecule has 0 aliphatic heterocycles. The van der Waals surface area contributed by atoms with Crippen molar-refractivity contribution in [1.29, 1.82) is 0 Å². The molecule has 1 aliphatic carbocycles. The van der Waals surface area contributed by atoms with E-state index in [1.165, 1.54) is 6.20 Å². The van der Waals surface area contributed by atoms with Gasteiger partial charge in [-0.2, -0.15) is 4.57 Å². The summed E-state index contributed by atoms with van der Waals surface area (Å²) in [4.78, 5) is 115. The molecule has 0 bridgehead atoms. The van der Waals surface area contributed by atoms with Crippen LogP contribution in [0.2, 0.25) is 0 Å². The summed E-state index contributed by atoms with van der Waals surface area (Å²) in [5.41, 5.74) is 8.73. The number of aryl methyl sites for hydroxylation is 1. The molecule has 3 rings (SSSR count). The second-order valence-corrected chi connectivity index (χ2v) is 18.9. The number of nitrogen functional groups attached to an aromatic ring is 1. The maximum Gasteiger partial charge on any atom is 0.472 e. The maximum absolute atomic E-state index is 13.2. The fourth-order valence-corrected chi connectivity index (χ4v) is 9.43. The number of thiazole rings is 1. The summed E-state index contributed by atoms with van der Waals surface area (Å²) < 4.78 is 106. The standard InChI is InChI=1S/C18H32N4O24P6S.ClH/c1-8-11(53-7-22(8)6-10-5-20-9(2)21-18(10)19)3-4-40-52(38,39)46-17-15(44-50(32,33)34)13(42-48(26,27)28)12(41-47(23,24)25)14(43-49(29,30)31)16(17)45-51(35,36)37;/h5,7,12-17H,3-4,6H2,1-2H3,(H12-,19,20,21,23,24,25,26,27,28,29,30,31,32,33,34,35,36,37,38,39);1H/t12?,13-,14+,15-,16-,17?;/m0./s1. The third kappa shape index (κ3) is 16.0. The van der Waals surface area contributed by atoms with E-state index >= 15 is 0 Å². The molecular weight excluding hydrogens is 910 g/mol. The highest BCUT2D eigenvalue weighted by Crippen LogP contribution is 2.58. The van der Waals surface area contributed by atoms with Gasteiger partial charge in [-0.05, 0) is 6.92 Å². The molecule has 2 heterocycles. The number of phosphoric acid groups is 6. The van der Waals surface area contributed by atoms with E-state index in [2.05, 4.69) is 32.6 Å². The smallest absolute Gasteiger partial charge is 0.472 e. The summed E-state index contributed by atoms with van der Waals surface area (Å²) in [7, 11) is -36.2. The van der Waals surface area contributed by atoms with Crippen LogP contribution in [0, 0.1) is 13.8 Å². The van der Waals surface area contributed by atoms with Crippen LogP contribution in [-0.4, -0.2) is 107 Å². The Balaban J connectivity index is 0.0000101. The third-order valence-corrected chi connectivity index (χ3v) is 11.3. The van der Waals surface area contributed by atoms with E-state index in [-0.39, 0.29) is 31.2 Å². The Morgan fingerprint density at radius 1 is 0.685 bits per heavy atom. The minimum absolute atomic E-state index is 0. The van der Waals surface area contributed by atoms with Gasteiger partial charge in [0.1, 0.15) is 48.3 Å². The summed E-state index contributed by atoms with van der Waals surface area (Å²) in [5, 5.41) is 0. The predicted octanol–water partition coefficient (Wildman–Crippen LogP) is -4.48. The van der Waals surface area contributed by atoms with Crippen molar-refractivity contribution < 1.29 is 130 Å². The molecule has 1 aliphatic rings. The molecule has 1 saturated carbocycles. The monoisotopic (exact) mass is 942 g/mol. The van der Waals surface area contributed by atoms with Gasteiger partial charge < -0.3 is 72.0 Å². The molecule has 36 heteroatoms. The topological polar surface area (TPSA) is 445 Å². The number of rotatable bonds is 18. The zero-order valence-corrected chi connectivity index (χ0v) is 33.8. The Morgan fingerprint density at radius 3 is 1.41 bits per heavy atom. The molecule has 2 aromatic heterocycles. The molecule has 13 N–H and O–H groups in total. The Kier molecular flexibility index (Phi) is 17.1. The van der Waals surface area contributed by atoms with Gasteiger partial charge in [0.25, 0.3) is 0 Å². The normalized spacial score (nSPS) is 24.2. The number of nitrogens with two attached hydrogens (primary N) is 1. The van der Waals surface area contributed by atoms with Crippen molar-refractivity contribution in [3.05, 3.63) is 33.7 Å². The molecule has 2 aromatic rings. The number of anilines is 1. The first kappa shape index (κ1) is 49.6. The summed E-state index contributed by atoms with van der Waals surface area (Å²) in [6, 6.07) is 0. The minimum atomic E-state index is -6.09. The van der Waals surface area contributed by atoms with E-state index in [1.807, 2.05) is 0 Å². The van der Waals surface area contributed by atoms with Crippen molar-refractivity contribution in [1.82, 2.24) is 9.97 Å². The van der Waals surface area contributed by atoms with E-state index in [1.54, 1.807) is 23.9 Å². The lowest BCUT2D eigenvalue weighted by molar-refractivity contribution is -0.689. The molecule has 54 heavy (non-hydrogen) atoms. The van der Waals surface area contributed by atoms with Gasteiger partial charge in [0.2, 0.25) is 5.51 Å². The van der Waals surface area contributed by atoms with Gasteiger partial charge in [-0.3, -0.25) is 31.7 Å². The van der Waals surface area contributed by atoms with E-state index in [0.717, 1.165) is 11.3 Å². The molecule has 3 unspecified atom stereocenters. The fraction of sp³-hybridized carbons (Fsp3) is 0.611. The fourth-order valence-electron chi connectivity index (χ4n) is 4.74. The van der Waals surface area contributed by atoms with Crippen LogP contribution in [0.25, 0.3) is 0 Å². The Hall–Kier alpha value is -0.540. The van der Waals surface area contributed by atoms with Crippen LogP contribution in [0.3, 0.4) is 0 Å². The third-order valence-electron chi connectivity index (χ3n) is 6.59. The van der Waals surface area contributed by atoms with Crippen LogP contribution < -0.4 is 22.7 Å². The number of aromatic nitrogens is 3. The molecule has 1 fully saturated rings. The van der Waals surface area contributed by atoms with Crippen LogP contribution in [0.1, 0.15) is 22.0 Å². The predicted molar refractivity (Wildman–Crippen MR) is 168 cm³/mol. The average Bonchev–Trinajstić information content (AvgIpc) is 3.27. The van der Waals surface area contributed by atoms with Crippen molar-refractivity contribution >= 4 is 64.1 Å². The van der Waals surface area contributed by atoms with Crippen molar-refractivity contribution in [3.63, 3.8) is 0 Å². The van der Waals surface area contributed by atoms with Gasteiger partial charge in [0.15, 0.2) is 12.2 Å². The van der Waals surface area contributed by atoms with Gasteiger partial charge >= 0.3 is 46.9 Å². The first-order chi connectivity index (χ1) is 23.8. The zero-order valence-electron chi connectivity index (χ0n) is 26.9. The zero-order chi connectivity index (χ0) is 40.5. The van der Waals surface area contributed by atoms with Gasteiger partial charge in [0.05, 0.1) is 17.0 Å². The highest BCUT2D eigenvalue weighted by Gasteiger charge is 2.63. The lowest BCUT2D eigenvalue weighted by Crippen LogP contribution is -3.00. The summed E-state index contributed by atoms with van der Waals surface area (Å²) in [6.07, 6.45) is -17.5. The quantitative estimate of drug-likeness (QED) is 0.0495. The molecule has 7 atom stereocenters. The van der Waals surface area contributed by atoms with E-state index in [9.17, 15) is 81.2 Å². The van der Waals surface area contributed by atoms with Crippen molar-refractivity contribution in [2.45, 2.75) is 63.4 Å². The molecule has 28 nitrogen and oxygen atoms in total. The first-order valence-electron chi connectivity index (χ1n) is 13.7. The second kappa shape index (κ2) is 18.6. The molecule has 0 radical (unpaired) electrons. The summed E-state index contributed by atoms with van der Waals surface area (Å²) in [6.45, 7) is 2.76. The van der Waals surface area contributed by atoms with Gasteiger partial charge in [-0.25, -0.2) is 37.4 Å². The summed E-state index contributed by atoms with van der Waals surface area (Å²) >= 11 is 1.14. The lowest BCUT2D eigenvalue weighted by atomic mass is 9.85. The van der Waals surface area contributed by atoms with E-state index in [0.29, 0.717) is 22.0 Å². The van der Waals surface area contributed by atoms with Crippen molar-refractivity contribution in [3.8, 4) is 0 Å². The number of nitrogens with zero attached hydrogens (tertiary/aromatic N) is 3. The molecular formula is C18H33ClN4O24P6S. The Morgan fingerprint density at radius 2 is 1.06 bits per heavy atom. The van der Waals surface area contributed by atoms with Gasteiger partial charge in [0, 0.05) is 19.5 Å². The SMILES string of the molecule is Cc1ncc(C[n+]2csc(CCOP(=O)(O)OC3[C@@H](OP(=O)(O)O)[C@H](OP(=O)(O)O)C(OP(=O)(O)O)[C@H](OP(=O)(O)O)[C@@H]3OP(=O)(O)O)c2C)c(N)n1.[Cl-]. The average molecular weight is 943 g/mol. The summed E-state index contributed by atoms with van der Waals surface area (Å²) in [5.74, 6) is 0.647. The first-order valence-corrected chi connectivity index (χ1v) is 23.8. The number of hydrogen-bond donors (Lipinski definition) is 12. The molecule has 0 amide bonds. The van der Waals surface area contributed by atoms with Crippen LogP contribution in [0.15, 0.2) is 11.7 Å². The Labute approximate surface area is 312 Å². The molecule has 0 spiro atoms. The van der Waals surface area contributed by atoms with Crippen LogP contribution in [-0.2, 0) is 72.0 Å². The number of phosphoric ester groups is 6. The van der Waals surface area contributed by atoms with Crippen LogP contribution >= 0.6 is 58.3 Å². The molecule has 0 saturated heterocycles. The van der Waals surface area contributed by atoms with Crippen LogP contribution in [0.5, 0.6) is 0 Å². The minimum Gasteiger partial charge on any atom is -1.00 e. The molecule has 312 valence electrons. The largest absolute Gasteiger partial charge is 1.00 e. The second-order valence-electron chi connectivity index (χ2n) is 10.6. The van der Waals surface area contributed by atoms with Gasteiger partial charge in [-0.1, -0.05) is 11.3 Å². The number of hydrogen-bond acceptors (Lipinski definition) is 17. The Bertz CT molecular complexity index is 1850.